The average Bonchev–Trinajstić information content (AvgIpc) is 3.04. The van der Waals surface area contributed by atoms with Crippen LogP contribution in [0.4, 0.5) is 11.4 Å². The summed E-state index contributed by atoms with van der Waals surface area (Å²) < 4.78 is 0. The van der Waals surface area contributed by atoms with Gasteiger partial charge in [-0.25, -0.2) is 0 Å². The van der Waals surface area contributed by atoms with Crippen LogP contribution in [0.3, 0.4) is 0 Å². The van der Waals surface area contributed by atoms with E-state index in [1.807, 2.05) is 31.1 Å². The molecule has 0 atom stereocenters. The van der Waals surface area contributed by atoms with E-state index in [4.69, 9.17) is 5.73 Å². The summed E-state index contributed by atoms with van der Waals surface area (Å²) >= 11 is 0. The van der Waals surface area contributed by atoms with Crippen LogP contribution < -0.4 is 16.0 Å². The number of anilines is 2. The Kier molecular flexibility index (Phi) is 3.20. The van der Waals surface area contributed by atoms with E-state index in [1.165, 1.54) is 12.8 Å². The summed E-state index contributed by atoms with van der Waals surface area (Å²) in [6.07, 6.45) is 2.41. The van der Waals surface area contributed by atoms with Crippen LogP contribution in [0.15, 0.2) is 18.2 Å². The van der Waals surface area contributed by atoms with Gasteiger partial charge >= 0.3 is 0 Å². The Hall–Kier alpha value is -1.71. The maximum Gasteiger partial charge on any atom is 0.251 e. The molecule has 2 rings (SSSR count). The molecule has 1 aliphatic rings. The number of nitrogens with zero attached hydrogens (tertiary/aromatic N) is 1. The number of nitrogen functional groups attached to an aromatic ring is 1. The Labute approximate surface area is 108 Å². The second-order valence-corrected chi connectivity index (χ2v) is 5.66. The number of carbonyl (C=O) groups excluding carboxylic acids is 1. The second-order valence-electron chi connectivity index (χ2n) is 5.66. The van der Waals surface area contributed by atoms with Gasteiger partial charge in [0.1, 0.15) is 0 Å². The van der Waals surface area contributed by atoms with Gasteiger partial charge in [0.15, 0.2) is 0 Å². The van der Waals surface area contributed by atoms with E-state index >= 15 is 0 Å². The predicted molar refractivity (Wildman–Crippen MR) is 74.9 cm³/mol. The lowest BCUT2D eigenvalue weighted by Gasteiger charge is -2.16. The largest absolute Gasteiger partial charge is 0.397 e. The molecule has 98 valence electrons. The van der Waals surface area contributed by atoms with Crippen molar-refractivity contribution in [3.05, 3.63) is 23.8 Å². The number of hydrogen-bond acceptors (Lipinski definition) is 3. The highest BCUT2D eigenvalue weighted by Gasteiger charge is 2.37. The fraction of sp³-hybridized carbons (Fsp3) is 0.500. The first-order chi connectivity index (χ1) is 8.41. The Bertz CT molecular complexity index is 464. The summed E-state index contributed by atoms with van der Waals surface area (Å²) in [5.74, 6) is -0.0415. The summed E-state index contributed by atoms with van der Waals surface area (Å²) in [7, 11) is 3.86. The number of benzene rings is 1. The van der Waals surface area contributed by atoms with Gasteiger partial charge in [-0.2, -0.15) is 0 Å². The van der Waals surface area contributed by atoms with Gasteiger partial charge in [-0.3, -0.25) is 4.79 Å². The van der Waals surface area contributed by atoms with Crippen LogP contribution in [0.1, 0.15) is 30.1 Å². The van der Waals surface area contributed by atoms with Gasteiger partial charge in [0.25, 0.3) is 5.91 Å². The van der Waals surface area contributed by atoms with Gasteiger partial charge in [0.2, 0.25) is 0 Å². The predicted octanol–water partition coefficient (Wildman–Crippen LogP) is 1.86. The molecule has 1 saturated carbocycles. The van der Waals surface area contributed by atoms with Crippen molar-refractivity contribution >= 4 is 17.3 Å². The summed E-state index contributed by atoms with van der Waals surface area (Å²) in [4.78, 5) is 13.9. The van der Waals surface area contributed by atoms with Crippen molar-refractivity contribution in [1.29, 1.82) is 0 Å². The zero-order valence-corrected chi connectivity index (χ0v) is 11.3. The number of carbonyl (C=O) groups is 1. The molecule has 0 radical (unpaired) electrons. The third kappa shape index (κ3) is 2.75. The van der Waals surface area contributed by atoms with E-state index in [-0.39, 0.29) is 5.91 Å². The Morgan fingerprint density at radius 2 is 2.11 bits per heavy atom. The highest BCUT2D eigenvalue weighted by molar-refractivity contribution is 5.96. The first-order valence-electron chi connectivity index (χ1n) is 6.26. The molecule has 1 amide bonds. The Morgan fingerprint density at radius 1 is 1.44 bits per heavy atom. The molecule has 0 heterocycles. The topological polar surface area (TPSA) is 58.4 Å². The van der Waals surface area contributed by atoms with E-state index in [1.54, 1.807) is 6.07 Å². The maximum atomic E-state index is 12.0. The zero-order valence-electron chi connectivity index (χ0n) is 11.3. The van der Waals surface area contributed by atoms with Gasteiger partial charge in [-0.05, 0) is 36.5 Å². The van der Waals surface area contributed by atoms with Crippen molar-refractivity contribution in [3.8, 4) is 0 Å². The smallest absolute Gasteiger partial charge is 0.251 e. The second kappa shape index (κ2) is 4.52. The number of nitrogens with two attached hydrogens (primary N) is 1. The summed E-state index contributed by atoms with van der Waals surface area (Å²) in [5.41, 5.74) is 8.45. The van der Waals surface area contributed by atoms with Crippen molar-refractivity contribution in [3.63, 3.8) is 0 Å². The van der Waals surface area contributed by atoms with Crippen LogP contribution in [0, 0.1) is 5.41 Å². The molecular weight excluding hydrogens is 226 g/mol. The molecule has 4 heteroatoms. The van der Waals surface area contributed by atoms with Crippen LogP contribution in [0.2, 0.25) is 0 Å². The highest BCUT2D eigenvalue weighted by atomic mass is 16.1. The van der Waals surface area contributed by atoms with Crippen molar-refractivity contribution in [2.24, 2.45) is 5.41 Å². The Balaban J connectivity index is 2.04. The van der Waals surface area contributed by atoms with E-state index in [0.29, 0.717) is 16.7 Å². The molecular formula is C14H21N3O. The number of nitrogens with one attached hydrogen (secondary N) is 1. The molecule has 1 aromatic rings. The maximum absolute atomic E-state index is 12.0. The number of rotatable bonds is 4. The van der Waals surface area contributed by atoms with E-state index in [2.05, 4.69) is 12.2 Å². The third-order valence-corrected chi connectivity index (χ3v) is 3.55. The van der Waals surface area contributed by atoms with Crippen LogP contribution in [-0.4, -0.2) is 26.5 Å². The van der Waals surface area contributed by atoms with Crippen molar-refractivity contribution in [2.75, 3.05) is 31.3 Å². The van der Waals surface area contributed by atoms with Crippen molar-refractivity contribution in [1.82, 2.24) is 5.32 Å². The summed E-state index contributed by atoms with van der Waals surface area (Å²) in [6, 6.07) is 5.43. The van der Waals surface area contributed by atoms with E-state index in [9.17, 15) is 4.79 Å². The van der Waals surface area contributed by atoms with Crippen molar-refractivity contribution < 1.29 is 4.79 Å². The lowest BCUT2D eigenvalue weighted by atomic mass is 10.1. The minimum absolute atomic E-state index is 0.0415. The molecule has 1 fully saturated rings. The Morgan fingerprint density at radius 3 is 2.61 bits per heavy atom. The molecule has 0 aliphatic heterocycles. The first kappa shape index (κ1) is 12.7. The highest BCUT2D eigenvalue weighted by Crippen LogP contribution is 2.44. The summed E-state index contributed by atoms with van der Waals surface area (Å²) in [5, 5.41) is 2.97. The van der Waals surface area contributed by atoms with Crippen LogP contribution in [0.25, 0.3) is 0 Å². The standard InChI is InChI=1S/C14H21N3O/c1-14(6-7-14)9-16-13(18)10-4-5-12(17(2)3)11(15)8-10/h4-5,8H,6-7,9,15H2,1-3H3,(H,16,18). The van der Waals surface area contributed by atoms with E-state index < -0.39 is 0 Å². The SMILES string of the molecule is CN(C)c1ccc(C(=O)NCC2(C)CC2)cc1N. The molecule has 4 nitrogen and oxygen atoms in total. The van der Waals surface area contributed by atoms with Gasteiger partial charge in [-0.1, -0.05) is 6.92 Å². The molecule has 1 aromatic carbocycles. The van der Waals surface area contributed by atoms with E-state index in [0.717, 1.165) is 12.2 Å². The van der Waals surface area contributed by atoms with Crippen LogP contribution in [-0.2, 0) is 0 Å². The normalized spacial score (nSPS) is 16.2. The molecule has 18 heavy (non-hydrogen) atoms. The van der Waals surface area contributed by atoms with Gasteiger partial charge in [0, 0.05) is 26.2 Å². The lowest BCUT2D eigenvalue weighted by molar-refractivity contribution is 0.0946. The molecule has 0 aromatic heterocycles. The molecule has 0 spiro atoms. The number of amides is 1. The molecule has 0 bridgehead atoms. The lowest BCUT2D eigenvalue weighted by Crippen LogP contribution is -2.29. The minimum Gasteiger partial charge on any atom is -0.397 e. The molecule has 0 saturated heterocycles. The summed E-state index contributed by atoms with van der Waals surface area (Å²) in [6.45, 7) is 2.94. The minimum atomic E-state index is -0.0415. The average molecular weight is 247 g/mol. The van der Waals surface area contributed by atoms with Crippen LogP contribution >= 0.6 is 0 Å². The molecule has 3 N–H and O–H groups in total. The molecule has 0 unspecified atom stereocenters. The van der Waals surface area contributed by atoms with Gasteiger partial charge < -0.3 is 16.0 Å². The van der Waals surface area contributed by atoms with Crippen molar-refractivity contribution in [2.45, 2.75) is 19.8 Å². The van der Waals surface area contributed by atoms with Gasteiger partial charge in [-0.15, -0.1) is 0 Å². The van der Waals surface area contributed by atoms with Crippen LogP contribution in [0.5, 0.6) is 0 Å². The fourth-order valence-corrected chi connectivity index (χ4v) is 1.89. The number of hydrogen-bond donors (Lipinski definition) is 2. The third-order valence-electron chi connectivity index (χ3n) is 3.55. The fourth-order valence-electron chi connectivity index (χ4n) is 1.89. The first-order valence-corrected chi connectivity index (χ1v) is 6.26. The van der Waals surface area contributed by atoms with Gasteiger partial charge in [0.05, 0.1) is 11.4 Å². The zero-order chi connectivity index (χ0) is 13.3. The molecule has 1 aliphatic carbocycles. The quantitative estimate of drug-likeness (QED) is 0.798. The monoisotopic (exact) mass is 247 g/mol.